The molecule has 2 aliphatic rings. The van der Waals surface area contributed by atoms with E-state index in [-0.39, 0.29) is 11.6 Å². The second-order valence-corrected chi connectivity index (χ2v) is 9.93. The van der Waals surface area contributed by atoms with Crippen LogP contribution in [0.4, 0.5) is 11.7 Å². The Morgan fingerprint density at radius 1 is 1.00 bits per heavy atom. The molecule has 8 heteroatoms. The first-order chi connectivity index (χ1) is 15.9. The summed E-state index contributed by atoms with van der Waals surface area (Å²) >= 11 is 0. The van der Waals surface area contributed by atoms with Gasteiger partial charge in [-0.3, -0.25) is 14.8 Å². The normalized spacial score (nSPS) is 19.9. The van der Waals surface area contributed by atoms with E-state index in [1.165, 1.54) is 0 Å². The Morgan fingerprint density at radius 3 is 2.67 bits per heavy atom. The third kappa shape index (κ3) is 3.59. The summed E-state index contributed by atoms with van der Waals surface area (Å²) < 4.78 is 5.38. The fourth-order valence-electron chi connectivity index (χ4n) is 4.92. The van der Waals surface area contributed by atoms with Crippen molar-refractivity contribution >= 4 is 33.8 Å². The Hall–Kier alpha value is -3.23. The van der Waals surface area contributed by atoms with E-state index in [9.17, 15) is 0 Å². The summed E-state index contributed by atoms with van der Waals surface area (Å²) in [4.78, 5) is 21.3. The molecule has 0 saturated carbocycles. The van der Waals surface area contributed by atoms with E-state index < -0.39 is 0 Å². The lowest BCUT2D eigenvalue weighted by Crippen LogP contribution is -2.67. The van der Waals surface area contributed by atoms with Gasteiger partial charge in [0.1, 0.15) is 5.52 Å². The number of nitrogens with zero attached hydrogens (tertiary/aromatic N) is 6. The van der Waals surface area contributed by atoms with Crippen LogP contribution in [0, 0.1) is 0 Å². The first kappa shape index (κ1) is 20.4. The summed E-state index contributed by atoms with van der Waals surface area (Å²) in [6.07, 6.45) is 1.97. The number of hydrogen-bond acceptors (Lipinski definition) is 8. The molecule has 0 atom stereocenters. The summed E-state index contributed by atoms with van der Waals surface area (Å²) in [6, 6.07) is 12.8. The molecule has 0 amide bonds. The maximum atomic E-state index is 5.68. The number of rotatable bonds is 3. The molecule has 33 heavy (non-hydrogen) atoms. The summed E-state index contributed by atoms with van der Waals surface area (Å²) in [7, 11) is 2.23. The van der Waals surface area contributed by atoms with Gasteiger partial charge in [0.15, 0.2) is 5.58 Å². The number of aromatic nitrogens is 3. The molecule has 6 rings (SSSR count). The predicted molar refractivity (Wildman–Crippen MR) is 131 cm³/mol. The molecule has 0 bridgehead atoms. The van der Waals surface area contributed by atoms with Crippen molar-refractivity contribution in [2.45, 2.75) is 25.4 Å². The molecule has 2 N–H and O–H groups in total. The molecule has 0 radical (unpaired) electrons. The number of anilines is 2. The predicted octanol–water partition coefficient (Wildman–Crippen LogP) is 3.23. The van der Waals surface area contributed by atoms with Gasteiger partial charge in [-0.1, -0.05) is 0 Å². The van der Waals surface area contributed by atoms with E-state index in [1.54, 1.807) is 0 Å². The fraction of sp³-hybridized carbons (Fsp3) is 0.400. The molecule has 0 aliphatic carbocycles. The van der Waals surface area contributed by atoms with Crippen LogP contribution >= 0.6 is 0 Å². The number of hydrogen-bond donors (Lipinski definition) is 1. The maximum absolute atomic E-state index is 5.68. The van der Waals surface area contributed by atoms with Gasteiger partial charge < -0.3 is 15.1 Å². The van der Waals surface area contributed by atoms with Gasteiger partial charge in [0.25, 0.3) is 6.01 Å². The molecule has 1 aromatic carbocycles. The Morgan fingerprint density at radius 2 is 1.85 bits per heavy atom. The summed E-state index contributed by atoms with van der Waals surface area (Å²) in [6.45, 7) is 10.1. The second kappa shape index (κ2) is 7.40. The minimum Gasteiger partial charge on any atom is -0.424 e. The number of likely N-dealkylation sites (N-methyl/N-ethyl adjacent to an activating group) is 1. The van der Waals surface area contributed by atoms with Gasteiger partial charge >= 0.3 is 0 Å². The molecule has 8 nitrogen and oxygen atoms in total. The van der Waals surface area contributed by atoms with Crippen molar-refractivity contribution in [3.8, 4) is 11.3 Å². The van der Waals surface area contributed by atoms with Crippen LogP contribution in [-0.2, 0) is 0 Å². The fourth-order valence-corrected chi connectivity index (χ4v) is 4.92. The van der Waals surface area contributed by atoms with Crippen molar-refractivity contribution in [1.29, 1.82) is 0 Å². The van der Waals surface area contributed by atoms with Gasteiger partial charge in [-0.25, -0.2) is 4.98 Å². The van der Waals surface area contributed by atoms with Crippen LogP contribution in [0.3, 0.4) is 0 Å². The number of benzene rings is 1. The van der Waals surface area contributed by atoms with Gasteiger partial charge in [-0.15, -0.1) is 0 Å². The number of nitrogen functional groups attached to an aromatic ring is 1. The third-order valence-electron chi connectivity index (χ3n) is 7.31. The molecule has 2 aliphatic heterocycles. The SMILES string of the molecule is CN1CCN(C2CN(c3cnc4ccc(-c5ccc6oc(N)nc6c5)nc4c3)C2)CC1(C)C. The molecule has 0 spiro atoms. The van der Waals surface area contributed by atoms with E-state index in [1.807, 2.05) is 36.5 Å². The van der Waals surface area contributed by atoms with Crippen LogP contribution in [0.2, 0.25) is 0 Å². The average Bonchev–Trinajstić information content (AvgIpc) is 3.13. The second-order valence-electron chi connectivity index (χ2n) is 9.93. The van der Waals surface area contributed by atoms with Crippen LogP contribution < -0.4 is 10.6 Å². The van der Waals surface area contributed by atoms with Crippen molar-refractivity contribution in [2.75, 3.05) is 50.4 Å². The van der Waals surface area contributed by atoms with E-state index in [2.05, 4.69) is 51.6 Å². The highest BCUT2D eigenvalue weighted by atomic mass is 16.4. The Kier molecular flexibility index (Phi) is 4.57. The molecular formula is C25H29N7O. The standard InChI is InChI=1S/C25H29N7O/c1-25(2)15-31(9-8-30(25)3)18-13-32(14-18)17-11-21-20(27-12-17)6-5-19(28-21)16-4-7-23-22(10-16)29-24(26)33-23/h4-7,10-12,18H,8-9,13-15H2,1-3H3,(H2,26,29). The lowest BCUT2D eigenvalue weighted by atomic mass is 9.96. The number of oxazole rings is 1. The van der Waals surface area contributed by atoms with Crippen LogP contribution in [0.25, 0.3) is 33.4 Å². The van der Waals surface area contributed by atoms with Gasteiger partial charge in [-0.05, 0) is 57.3 Å². The third-order valence-corrected chi connectivity index (χ3v) is 7.31. The monoisotopic (exact) mass is 443 g/mol. The zero-order valence-corrected chi connectivity index (χ0v) is 19.3. The molecule has 3 aromatic heterocycles. The Bertz CT molecular complexity index is 1340. The highest BCUT2D eigenvalue weighted by molar-refractivity contribution is 5.84. The van der Waals surface area contributed by atoms with E-state index >= 15 is 0 Å². The molecule has 0 unspecified atom stereocenters. The van der Waals surface area contributed by atoms with Gasteiger partial charge in [0.2, 0.25) is 0 Å². The van der Waals surface area contributed by atoms with Crippen LogP contribution in [-0.4, -0.2) is 76.1 Å². The first-order valence-corrected chi connectivity index (χ1v) is 11.5. The lowest BCUT2D eigenvalue weighted by Gasteiger charge is -2.53. The molecular weight excluding hydrogens is 414 g/mol. The molecule has 4 aromatic rings. The largest absolute Gasteiger partial charge is 0.424 e. The van der Waals surface area contributed by atoms with Crippen LogP contribution in [0.1, 0.15) is 13.8 Å². The van der Waals surface area contributed by atoms with Crippen molar-refractivity contribution in [1.82, 2.24) is 24.8 Å². The summed E-state index contributed by atoms with van der Waals surface area (Å²) in [5.74, 6) is 0. The lowest BCUT2D eigenvalue weighted by molar-refractivity contribution is 0.0100. The smallest absolute Gasteiger partial charge is 0.292 e. The zero-order valence-electron chi connectivity index (χ0n) is 19.3. The van der Waals surface area contributed by atoms with Gasteiger partial charge in [0, 0.05) is 49.9 Å². The molecule has 5 heterocycles. The molecule has 170 valence electrons. The highest BCUT2D eigenvalue weighted by Gasteiger charge is 2.39. The summed E-state index contributed by atoms with van der Waals surface area (Å²) in [5.41, 5.74) is 12.1. The Balaban J connectivity index is 1.21. The van der Waals surface area contributed by atoms with Crippen molar-refractivity contribution in [2.24, 2.45) is 0 Å². The van der Waals surface area contributed by atoms with E-state index in [4.69, 9.17) is 15.1 Å². The minimum absolute atomic E-state index is 0.176. The van der Waals surface area contributed by atoms with Gasteiger partial charge in [-0.2, -0.15) is 4.98 Å². The zero-order chi connectivity index (χ0) is 22.7. The quantitative estimate of drug-likeness (QED) is 0.516. The average molecular weight is 444 g/mol. The number of nitrogens with two attached hydrogens (primary N) is 1. The topological polar surface area (TPSA) is 87.5 Å². The van der Waals surface area contributed by atoms with Gasteiger partial charge in [0.05, 0.1) is 28.6 Å². The van der Waals surface area contributed by atoms with E-state index in [0.717, 1.165) is 66.2 Å². The number of piperazine rings is 1. The summed E-state index contributed by atoms with van der Waals surface area (Å²) in [5, 5.41) is 0. The number of pyridine rings is 2. The van der Waals surface area contributed by atoms with Crippen molar-refractivity contribution in [3.63, 3.8) is 0 Å². The van der Waals surface area contributed by atoms with Crippen molar-refractivity contribution < 1.29 is 4.42 Å². The highest BCUT2D eigenvalue weighted by Crippen LogP contribution is 2.30. The van der Waals surface area contributed by atoms with Crippen LogP contribution in [0.15, 0.2) is 47.0 Å². The molecule has 2 fully saturated rings. The van der Waals surface area contributed by atoms with E-state index in [0.29, 0.717) is 11.6 Å². The van der Waals surface area contributed by atoms with Crippen molar-refractivity contribution in [3.05, 3.63) is 42.6 Å². The first-order valence-electron chi connectivity index (χ1n) is 11.5. The molecule has 2 saturated heterocycles. The Labute approximate surface area is 193 Å². The number of fused-ring (bicyclic) bond motifs is 2. The van der Waals surface area contributed by atoms with Crippen LogP contribution in [0.5, 0.6) is 0 Å². The maximum Gasteiger partial charge on any atom is 0.292 e. The minimum atomic E-state index is 0.176.